The number of alkyl halides is 3. The minimum Gasteiger partial charge on any atom is -0.370 e. The Morgan fingerprint density at radius 1 is 1.21 bits per heavy atom. The highest BCUT2D eigenvalue weighted by Crippen LogP contribution is 2.38. The number of carbonyl (C=O) groups is 3. The SMILES string of the molecule is NC(=O)[C@@H](C(=O)Nc1ccc(N2CCOCC2=O)cc1C(F)(F)F)N(CC1CCC1)C1CCC1. The van der Waals surface area contributed by atoms with E-state index in [1.165, 1.54) is 11.0 Å². The molecule has 1 atom stereocenters. The normalized spacial score (nSPS) is 20.6. The molecule has 1 saturated heterocycles. The third kappa shape index (κ3) is 5.20. The molecular formula is C23H29F3N4O4. The van der Waals surface area contributed by atoms with Crippen molar-refractivity contribution in [3.8, 4) is 0 Å². The lowest BCUT2D eigenvalue weighted by molar-refractivity contribution is -0.137. The Morgan fingerprint density at radius 2 is 1.91 bits per heavy atom. The Morgan fingerprint density at radius 3 is 2.44 bits per heavy atom. The molecule has 11 heteroatoms. The van der Waals surface area contributed by atoms with Crippen LogP contribution in [0, 0.1) is 5.92 Å². The number of benzene rings is 1. The fourth-order valence-corrected chi connectivity index (χ4v) is 4.64. The Labute approximate surface area is 195 Å². The number of amides is 3. The lowest BCUT2D eigenvalue weighted by Crippen LogP contribution is -2.58. The number of hydrogen-bond donors (Lipinski definition) is 2. The zero-order valence-electron chi connectivity index (χ0n) is 18.8. The predicted octanol–water partition coefficient (Wildman–Crippen LogP) is 2.52. The Kier molecular flexibility index (Phi) is 7.13. The number of ether oxygens (including phenoxy) is 1. The average Bonchev–Trinajstić information content (AvgIpc) is 2.69. The van der Waals surface area contributed by atoms with Gasteiger partial charge in [0, 0.05) is 24.8 Å². The molecule has 0 unspecified atom stereocenters. The summed E-state index contributed by atoms with van der Waals surface area (Å²) in [5.41, 5.74) is 4.06. The predicted molar refractivity (Wildman–Crippen MR) is 118 cm³/mol. The fourth-order valence-electron chi connectivity index (χ4n) is 4.64. The van der Waals surface area contributed by atoms with Crippen LogP contribution in [0.15, 0.2) is 18.2 Å². The van der Waals surface area contributed by atoms with E-state index in [-0.39, 0.29) is 31.5 Å². The van der Waals surface area contributed by atoms with Crippen molar-refractivity contribution in [2.45, 2.75) is 56.8 Å². The van der Waals surface area contributed by atoms with E-state index in [9.17, 15) is 27.6 Å². The molecule has 0 aromatic heterocycles. The van der Waals surface area contributed by atoms with Crippen LogP contribution >= 0.6 is 0 Å². The molecule has 0 spiro atoms. The molecular weight excluding hydrogens is 453 g/mol. The van der Waals surface area contributed by atoms with E-state index in [0.717, 1.165) is 50.7 Å². The molecule has 34 heavy (non-hydrogen) atoms. The second-order valence-electron chi connectivity index (χ2n) is 9.20. The van der Waals surface area contributed by atoms with E-state index >= 15 is 0 Å². The Hall–Kier alpha value is -2.66. The van der Waals surface area contributed by atoms with E-state index in [4.69, 9.17) is 10.5 Å². The highest BCUT2D eigenvalue weighted by atomic mass is 19.4. The molecule has 3 amide bonds. The van der Waals surface area contributed by atoms with Gasteiger partial charge in [-0.2, -0.15) is 13.2 Å². The largest absolute Gasteiger partial charge is 0.418 e. The van der Waals surface area contributed by atoms with E-state index in [1.54, 1.807) is 4.90 Å². The molecule has 1 aliphatic heterocycles. The monoisotopic (exact) mass is 482 g/mol. The van der Waals surface area contributed by atoms with Crippen LogP contribution in [0.1, 0.15) is 44.1 Å². The van der Waals surface area contributed by atoms with Gasteiger partial charge in [0.1, 0.15) is 6.61 Å². The third-order valence-electron chi connectivity index (χ3n) is 6.95. The first-order valence-electron chi connectivity index (χ1n) is 11.6. The molecule has 3 fully saturated rings. The van der Waals surface area contributed by atoms with Crippen LogP contribution in [0.25, 0.3) is 0 Å². The van der Waals surface area contributed by atoms with Crippen LogP contribution in [0.5, 0.6) is 0 Å². The summed E-state index contributed by atoms with van der Waals surface area (Å²) in [5, 5.41) is 2.30. The number of rotatable bonds is 8. The number of nitrogens with zero attached hydrogens (tertiary/aromatic N) is 2. The molecule has 1 aromatic carbocycles. The van der Waals surface area contributed by atoms with Crippen molar-refractivity contribution >= 4 is 29.1 Å². The Balaban J connectivity index is 1.59. The number of carbonyl (C=O) groups excluding carboxylic acids is 3. The number of anilines is 2. The minimum absolute atomic E-state index is 0.0145. The number of nitrogens with two attached hydrogens (primary N) is 1. The van der Waals surface area contributed by atoms with Gasteiger partial charge in [-0.25, -0.2) is 0 Å². The summed E-state index contributed by atoms with van der Waals surface area (Å²) in [7, 11) is 0. The van der Waals surface area contributed by atoms with E-state index in [1.807, 2.05) is 0 Å². The minimum atomic E-state index is -4.80. The van der Waals surface area contributed by atoms with Crippen LogP contribution < -0.4 is 16.0 Å². The molecule has 2 aliphatic carbocycles. The van der Waals surface area contributed by atoms with Crippen LogP contribution in [-0.2, 0) is 25.3 Å². The zero-order chi connectivity index (χ0) is 24.5. The second-order valence-corrected chi connectivity index (χ2v) is 9.20. The van der Waals surface area contributed by atoms with Gasteiger partial charge in [0.25, 0.3) is 11.8 Å². The average molecular weight is 483 g/mol. The van der Waals surface area contributed by atoms with Crippen LogP contribution in [0.3, 0.4) is 0 Å². The maximum absolute atomic E-state index is 13.9. The molecule has 0 radical (unpaired) electrons. The van der Waals surface area contributed by atoms with E-state index < -0.39 is 41.2 Å². The number of primary amides is 1. The number of nitrogens with one attached hydrogen (secondary N) is 1. The van der Waals surface area contributed by atoms with E-state index in [0.29, 0.717) is 12.5 Å². The topological polar surface area (TPSA) is 105 Å². The zero-order valence-corrected chi connectivity index (χ0v) is 18.8. The van der Waals surface area contributed by atoms with Crippen molar-refractivity contribution in [2.24, 2.45) is 11.7 Å². The number of hydrogen-bond acceptors (Lipinski definition) is 5. The van der Waals surface area contributed by atoms with Gasteiger partial charge in [0.05, 0.1) is 17.9 Å². The first kappa shape index (κ1) is 24.5. The van der Waals surface area contributed by atoms with Crippen molar-refractivity contribution in [2.75, 3.05) is 36.5 Å². The highest BCUT2D eigenvalue weighted by Gasteiger charge is 2.41. The number of halogens is 3. The lowest BCUT2D eigenvalue weighted by atomic mass is 9.82. The summed E-state index contributed by atoms with van der Waals surface area (Å²) >= 11 is 0. The van der Waals surface area contributed by atoms with Gasteiger partial charge >= 0.3 is 6.18 Å². The van der Waals surface area contributed by atoms with Gasteiger partial charge in [0.15, 0.2) is 6.04 Å². The summed E-state index contributed by atoms with van der Waals surface area (Å²) in [5.74, 6) is -1.85. The summed E-state index contributed by atoms with van der Waals surface area (Å²) in [6, 6.07) is 1.94. The van der Waals surface area contributed by atoms with Crippen molar-refractivity contribution in [3.05, 3.63) is 23.8 Å². The first-order valence-corrected chi connectivity index (χ1v) is 11.6. The summed E-state index contributed by atoms with van der Waals surface area (Å²) in [6.07, 6.45) is 0.893. The maximum atomic E-state index is 13.9. The van der Waals surface area contributed by atoms with Gasteiger partial charge in [-0.15, -0.1) is 0 Å². The van der Waals surface area contributed by atoms with Crippen molar-refractivity contribution in [3.63, 3.8) is 0 Å². The molecule has 1 aromatic rings. The molecule has 3 aliphatic rings. The standard InChI is InChI=1S/C23H29F3N4O4/c24-23(25,26)17-11-16(29-9-10-34-13-19(29)31)7-8-18(17)28-22(33)20(21(27)32)30(15-5-2-6-15)12-14-3-1-4-14/h7-8,11,14-15,20H,1-6,9-10,12-13H2,(H2,27,32)(H,28,33)/t20-/m0/s1. The number of morpholine rings is 1. The molecule has 2 saturated carbocycles. The van der Waals surface area contributed by atoms with Crippen molar-refractivity contribution in [1.82, 2.24) is 4.90 Å². The lowest BCUT2D eigenvalue weighted by Gasteiger charge is -2.43. The van der Waals surface area contributed by atoms with Crippen molar-refractivity contribution < 1.29 is 32.3 Å². The second kappa shape index (κ2) is 9.91. The van der Waals surface area contributed by atoms with Crippen LogP contribution in [-0.4, -0.2) is 61.0 Å². The summed E-state index contributed by atoms with van der Waals surface area (Å²) in [4.78, 5) is 40.5. The van der Waals surface area contributed by atoms with Gasteiger partial charge < -0.3 is 20.7 Å². The first-order chi connectivity index (χ1) is 16.1. The molecule has 1 heterocycles. The smallest absolute Gasteiger partial charge is 0.370 e. The van der Waals surface area contributed by atoms with Gasteiger partial charge in [-0.1, -0.05) is 12.8 Å². The van der Waals surface area contributed by atoms with Gasteiger partial charge in [-0.05, 0) is 49.8 Å². The van der Waals surface area contributed by atoms with Crippen LogP contribution in [0.2, 0.25) is 0 Å². The molecule has 4 rings (SSSR count). The molecule has 186 valence electrons. The summed E-state index contributed by atoms with van der Waals surface area (Å²) < 4.78 is 46.7. The molecule has 0 bridgehead atoms. The fraction of sp³-hybridized carbons (Fsp3) is 0.609. The van der Waals surface area contributed by atoms with E-state index in [2.05, 4.69) is 5.32 Å². The molecule has 8 nitrogen and oxygen atoms in total. The summed E-state index contributed by atoms with van der Waals surface area (Å²) in [6.45, 7) is 0.654. The van der Waals surface area contributed by atoms with Crippen LogP contribution in [0.4, 0.5) is 24.5 Å². The maximum Gasteiger partial charge on any atom is 0.418 e. The van der Waals surface area contributed by atoms with Gasteiger partial charge in [0.2, 0.25) is 5.91 Å². The molecule has 3 N–H and O–H groups in total. The highest BCUT2D eigenvalue weighted by molar-refractivity contribution is 6.10. The van der Waals surface area contributed by atoms with Crippen molar-refractivity contribution in [1.29, 1.82) is 0 Å². The Bertz CT molecular complexity index is 947. The quantitative estimate of drug-likeness (QED) is 0.554. The van der Waals surface area contributed by atoms with Gasteiger partial charge in [-0.3, -0.25) is 19.3 Å². The third-order valence-corrected chi connectivity index (χ3v) is 6.95.